The average molecular weight is 804 g/mol. The third kappa shape index (κ3) is 10.8. The first-order chi connectivity index (χ1) is 26.5. The maximum Gasteiger partial charge on any atom is 0.410 e. The smallest absolute Gasteiger partial charge is 0.410 e. The van der Waals surface area contributed by atoms with Crippen LogP contribution in [0.4, 0.5) is 10.5 Å². The molecule has 0 bridgehead atoms. The molecule has 4 heterocycles. The number of rotatable bonds is 15. The number of methoxy groups -OCH3 is 1. The van der Waals surface area contributed by atoms with Gasteiger partial charge in [0.05, 0.1) is 30.1 Å². The Morgan fingerprint density at radius 1 is 1.12 bits per heavy atom. The van der Waals surface area contributed by atoms with Crippen molar-refractivity contribution in [2.75, 3.05) is 25.6 Å². The lowest BCUT2D eigenvalue weighted by Gasteiger charge is -2.29. The minimum Gasteiger partial charge on any atom is -0.481 e. The van der Waals surface area contributed by atoms with E-state index in [1.54, 1.807) is 56.1 Å². The highest BCUT2D eigenvalue weighted by Gasteiger charge is 2.30. The quantitative estimate of drug-likeness (QED) is 0.0704. The summed E-state index contributed by atoms with van der Waals surface area (Å²) < 4.78 is 18.8. The Balaban J connectivity index is 1.38. The lowest BCUT2D eigenvalue weighted by atomic mass is 10.0. The van der Waals surface area contributed by atoms with Crippen LogP contribution in [-0.4, -0.2) is 88.6 Å². The van der Waals surface area contributed by atoms with Gasteiger partial charge < -0.3 is 34.3 Å². The second-order valence-electron chi connectivity index (χ2n) is 15.9. The number of anilines is 1. The van der Waals surface area contributed by atoms with Gasteiger partial charge in [0, 0.05) is 68.5 Å². The standard InChI is InChI=1S/C40H50ClN7O7Si/c1-25-29(10-9-11-31(25)45-37(51)36-44-28(23-49)22-48(36)24-54-18-19-56(6,7)8)35-34(41)30(16-17-42-35)32-14-12-26(38(46-32)53-5)20-47(39(52)55-40(2,3)4)21-27-13-15-33(50)43-27/h9-12,14,16-17,22-23,27H,13,15,18-21,24H2,1-8H3,(H,43,50)(H,45,51)/t27-/m0/s1. The zero-order chi connectivity index (χ0) is 40.8. The van der Waals surface area contributed by atoms with Crippen molar-refractivity contribution in [3.05, 3.63) is 76.5 Å². The van der Waals surface area contributed by atoms with E-state index in [1.165, 1.54) is 17.9 Å². The van der Waals surface area contributed by atoms with Crippen molar-refractivity contribution in [2.45, 2.75) is 91.1 Å². The summed E-state index contributed by atoms with van der Waals surface area (Å²) in [5, 5.41) is 6.18. The predicted molar refractivity (Wildman–Crippen MR) is 217 cm³/mol. The molecule has 0 aliphatic carbocycles. The zero-order valence-electron chi connectivity index (χ0n) is 33.2. The molecule has 3 amide bonds. The molecule has 5 rings (SSSR count). The van der Waals surface area contributed by atoms with E-state index in [-0.39, 0.29) is 43.3 Å². The highest BCUT2D eigenvalue weighted by molar-refractivity contribution is 6.76. The van der Waals surface area contributed by atoms with E-state index >= 15 is 0 Å². The van der Waals surface area contributed by atoms with Gasteiger partial charge >= 0.3 is 6.09 Å². The number of imidazole rings is 1. The number of hydrogen-bond acceptors (Lipinski definition) is 10. The number of aromatic nitrogens is 4. The summed E-state index contributed by atoms with van der Waals surface area (Å²) >= 11 is 7.07. The van der Waals surface area contributed by atoms with Crippen LogP contribution in [0, 0.1) is 6.92 Å². The van der Waals surface area contributed by atoms with E-state index in [4.69, 9.17) is 30.8 Å². The van der Waals surface area contributed by atoms with Gasteiger partial charge in [0.1, 0.15) is 18.0 Å². The van der Waals surface area contributed by atoms with E-state index in [9.17, 15) is 19.2 Å². The van der Waals surface area contributed by atoms with Gasteiger partial charge in [-0.1, -0.05) is 43.4 Å². The second-order valence-corrected chi connectivity index (χ2v) is 21.9. The summed E-state index contributed by atoms with van der Waals surface area (Å²) in [7, 11) is 0.187. The fourth-order valence-corrected chi connectivity index (χ4v) is 7.15. The minimum absolute atomic E-state index is 0.0468. The molecule has 298 valence electrons. The molecule has 0 unspecified atom stereocenters. The van der Waals surface area contributed by atoms with Crippen LogP contribution in [0.2, 0.25) is 30.7 Å². The summed E-state index contributed by atoms with van der Waals surface area (Å²) in [6.45, 7) is 15.0. The number of carbonyl (C=O) groups excluding carboxylic acids is 4. The third-order valence-electron chi connectivity index (χ3n) is 9.02. The van der Waals surface area contributed by atoms with Gasteiger partial charge in [0.2, 0.25) is 17.6 Å². The molecule has 14 nitrogen and oxygen atoms in total. The van der Waals surface area contributed by atoms with Crippen LogP contribution in [0.25, 0.3) is 22.5 Å². The molecule has 0 saturated carbocycles. The van der Waals surface area contributed by atoms with Gasteiger partial charge in [-0.25, -0.2) is 14.8 Å². The number of ether oxygens (including phenoxy) is 3. The Hall–Kier alpha value is -5.12. The molecule has 1 saturated heterocycles. The normalized spacial score (nSPS) is 14.3. The number of aldehydes is 1. The number of amides is 3. The number of carbonyl (C=O) groups is 4. The molecule has 1 aliphatic rings. The van der Waals surface area contributed by atoms with Crippen molar-refractivity contribution >= 4 is 49.6 Å². The van der Waals surface area contributed by atoms with Crippen LogP contribution in [0.15, 0.2) is 48.8 Å². The lowest BCUT2D eigenvalue weighted by molar-refractivity contribution is -0.119. The second kappa shape index (κ2) is 17.8. The van der Waals surface area contributed by atoms with Crippen LogP contribution in [-0.2, 0) is 27.5 Å². The van der Waals surface area contributed by atoms with E-state index in [1.807, 2.05) is 19.1 Å². The van der Waals surface area contributed by atoms with Gasteiger partial charge in [-0.2, -0.15) is 0 Å². The first kappa shape index (κ1) is 42.0. The third-order valence-corrected chi connectivity index (χ3v) is 11.1. The van der Waals surface area contributed by atoms with Crippen molar-refractivity contribution in [3.63, 3.8) is 0 Å². The summed E-state index contributed by atoms with van der Waals surface area (Å²) in [5.41, 5.74) is 3.50. The molecule has 1 fully saturated rings. The van der Waals surface area contributed by atoms with E-state index in [0.29, 0.717) is 76.0 Å². The van der Waals surface area contributed by atoms with E-state index < -0.39 is 25.7 Å². The number of nitrogens with zero attached hydrogens (tertiary/aromatic N) is 5. The van der Waals surface area contributed by atoms with E-state index in [0.717, 1.165) is 6.04 Å². The number of nitrogens with one attached hydrogen (secondary N) is 2. The van der Waals surface area contributed by atoms with Gasteiger partial charge in [-0.3, -0.25) is 19.4 Å². The lowest BCUT2D eigenvalue weighted by Crippen LogP contribution is -2.43. The molecule has 1 atom stereocenters. The van der Waals surface area contributed by atoms with Crippen LogP contribution < -0.4 is 15.4 Å². The van der Waals surface area contributed by atoms with Gasteiger partial charge in [0.25, 0.3) is 5.91 Å². The molecule has 2 N–H and O–H groups in total. The zero-order valence-corrected chi connectivity index (χ0v) is 35.0. The molecule has 56 heavy (non-hydrogen) atoms. The highest BCUT2D eigenvalue weighted by atomic mass is 35.5. The molecular formula is C40H50ClN7O7Si. The molecule has 0 radical (unpaired) electrons. The maximum absolute atomic E-state index is 13.5. The van der Waals surface area contributed by atoms with Crippen LogP contribution in [0.3, 0.4) is 0 Å². The fourth-order valence-electron chi connectivity index (χ4n) is 6.08. The molecule has 16 heteroatoms. The number of hydrogen-bond donors (Lipinski definition) is 2. The Kier molecular flexibility index (Phi) is 13.3. The maximum atomic E-state index is 13.5. The predicted octanol–water partition coefficient (Wildman–Crippen LogP) is 7.37. The van der Waals surface area contributed by atoms with Gasteiger partial charge in [0.15, 0.2) is 6.29 Å². The molecule has 0 spiro atoms. The topological polar surface area (TPSA) is 167 Å². The Labute approximate surface area is 333 Å². The van der Waals surface area contributed by atoms with Crippen LogP contribution >= 0.6 is 11.6 Å². The van der Waals surface area contributed by atoms with E-state index in [2.05, 4.69) is 40.2 Å². The monoisotopic (exact) mass is 803 g/mol. The van der Waals surface area contributed by atoms with Crippen molar-refractivity contribution < 1.29 is 33.4 Å². The summed E-state index contributed by atoms with van der Waals surface area (Å²) in [6.07, 6.45) is 4.23. The molecule has 4 aromatic rings. The van der Waals surface area contributed by atoms with Crippen molar-refractivity contribution in [2.24, 2.45) is 0 Å². The first-order valence-corrected chi connectivity index (χ1v) is 22.5. The minimum atomic E-state index is -1.31. The Morgan fingerprint density at radius 3 is 2.55 bits per heavy atom. The Morgan fingerprint density at radius 2 is 1.89 bits per heavy atom. The molecular weight excluding hydrogens is 754 g/mol. The summed E-state index contributed by atoms with van der Waals surface area (Å²) in [4.78, 5) is 65.4. The largest absolute Gasteiger partial charge is 0.481 e. The fraction of sp³-hybridized carbons (Fsp3) is 0.425. The highest BCUT2D eigenvalue weighted by Crippen LogP contribution is 2.38. The van der Waals surface area contributed by atoms with Crippen LogP contribution in [0.5, 0.6) is 5.88 Å². The Bertz CT molecular complexity index is 2090. The van der Waals surface area contributed by atoms with Crippen molar-refractivity contribution in [1.82, 2.24) is 29.7 Å². The molecule has 1 aliphatic heterocycles. The average Bonchev–Trinajstić information content (AvgIpc) is 3.75. The van der Waals surface area contributed by atoms with Crippen molar-refractivity contribution in [3.8, 4) is 28.4 Å². The number of pyridine rings is 2. The summed E-state index contributed by atoms with van der Waals surface area (Å²) in [6, 6.07) is 11.5. The van der Waals surface area contributed by atoms with Crippen LogP contribution in [0.1, 0.15) is 65.8 Å². The number of benzene rings is 1. The van der Waals surface area contributed by atoms with Gasteiger partial charge in [-0.05, 0) is 70.0 Å². The van der Waals surface area contributed by atoms with Gasteiger partial charge in [-0.15, -0.1) is 0 Å². The number of halogens is 1. The SMILES string of the molecule is COc1nc(-c2ccnc(-c3cccc(NC(=O)c4nc(C=O)cn4COCC[Si](C)(C)C)c3C)c2Cl)ccc1CN(C[C@@H]1CCC(=O)N1)C(=O)OC(C)(C)C. The molecule has 3 aromatic heterocycles. The van der Waals surface area contributed by atoms with Crippen molar-refractivity contribution in [1.29, 1.82) is 0 Å². The summed E-state index contributed by atoms with van der Waals surface area (Å²) in [5.74, 6) is -0.213. The molecule has 1 aromatic carbocycles. The first-order valence-electron chi connectivity index (χ1n) is 18.4.